The van der Waals surface area contributed by atoms with Crippen LogP contribution >= 0.6 is 0 Å². The van der Waals surface area contributed by atoms with Crippen LogP contribution in [-0.4, -0.2) is 34.7 Å². The van der Waals surface area contributed by atoms with Gasteiger partial charge < -0.3 is 5.73 Å². The molecule has 2 N–H and O–H groups in total. The number of hydrogen-bond donors (Lipinski definition) is 1. The third-order valence-electron chi connectivity index (χ3n) is 5.04. The molecule has 0 aliphatic rings. The summed E-state index contributed by atoms with van der Waals surface area (Å²) in [5.41, 5.74) is 8.95. The number of nitrogen functional groups attached to an aromatic ring is 1. The Labute approximate surface area is 185 Å². The number of terminal acetylenes is 1. The first-order valence-electron chi connectivity index (χ1n) is 10.0. The fraction of sp³-hybridized carbons (Fsp3) is 0.261. The van der Waals surface area contributed by atoms with E-state index >= 15 is 0 Å². The van der Waals surface area contributed by atoms with Crippen LogP contribution in [0.3, 0.4) is 0 Å². The van der Waals surface area contributed by atoms with Crippen molar-refractivity contribution in [3.63, 3.8) is 0 Å². The Morgan fingerprint density at radius 2 is 1.97 bits per heavy atom. The summed E-state index contributed by atoms with van der Waals surface area (Å²) in [6.07, 6.45) is 9.08. The highest BCUT2D eigenvalue weighted by Crippen LogP contribution is 2.28. The third-order valence-corrected chi connectivity index (χ3v) is 5.04. The van der Waals surface area contributed by atoms with Gasteiger partial charge in [-0.3, -0.25) is 4.68 Å². The Morgan fingerprint density at radius 3 is 2.66 bits per heavy atom. The van der Waals surface area contributed by atoms with Crippen molar-refractivity contribution in [1.29, 1.82) is 0 Å². The summed E-state index contributed by atoms with van der Waals surface area (Å²) >= 11 is 0. The molecule has 3 aromatic heterocycles. The smallest absolute Gasteiger partial charge is 0.193 e. The van der Waals surface area contributed by atoms with Gasteiger partial charge in [0.25, 0.3) is 0 Å². The lowest BCUT2D eigenvalue weighted by Crippen LogP contribution is -2.22. The van der Waals surface area contributed by atoms with Crippen LogP contribution in [0.5, 0.6) is 0 Å². The molecule has 0 spiro atoms. The molecule has 0 aliphatic heterocycles. The minimum Gasteiger partial charge on any atom is -0.381 e. The van der Waals surface area contributed by atoms with Gasteiger partial charge in [-0.1, -0.05) is 23.3 Å². The predicted octanol–water partition coefficient (Wildman–Crippen LogP) is 3.41. The first-order chi connectivity index (χ1) is 15.2. The average molecular weight is 430 g/mol. The van der Waals surface area contributed by atoms with E-state index in [-0.39, 0.29) is 28.6 Å². The zero-order valence-electron chi connectivity index (χ0n) is 18.3. The minimum absolute atomic E-state index is 0.0236. The highest BCUT2D eigenvalue weighted by molar-refractivity contribution is 5.69. The molecule has 1 aromatic carbocycles. The van der Waals surface area contributed by atoms with E-state index in [2.05, 4.69) is 52.1 Å². The quantitative estimate of drug-likeness (QED) is 0.498. The van der Waals surface area contributed by atoms with Crippen molar-refractivity contribution in [3.05, 3.63) is 59.3 Å². The topological polar surface area (TPSA) is 100 Å². The molecule has 0 atom stereocenters. The first-order valence-corrected chi connectivity index (χ1v) is 10.0. The monoisotopic (exact) mass is 430 g/mol. The zero-order chi connectivity index (χ0) is 23.0. The van der Waals surface area contributed by atoms with Crippen LogP contribution in [0.15, 0.2) is 36.7 Å². The Kier molecular flexibility index (Phi) is 5.22. The highest BCUT2D eigenvalue weighted by Gasteiger charge is 2.20. The molecule has 0 unspecified atom stereocenters. The Balaban J connectivity index is 1.69. The van der Waals surface area contributed by atoms with Gasteiger partial charge in [0.05, 0.1) is 24.0 Å². The molecule has 4 rings (SSSR count). The van der Waals surface area contributed by atoms with Gasteiger partial charge in [-0.25, -0.2) is 19.0 Å². The van der Waals surface area contributed by atoms with Gasteiger partial charge in [-0.05, 0) is 45.4 Å². The van der Waals surface area contributed by atoms with Crippen molar-refractivity contribution in [2.45, 2.75) is 39.8 Å². The van der Waals surface area contributed by atoms with Crippen molar-refractivity contribution >= 4 is 5.82 Å². The SMILES string of the molecule is C#Cc1cccc(-c2nc(N)c(F)c(-c3cn(Cc4ccn(C(C)(C)C)n4)nn3)n2)c1C. The Bertz CT molecular complexity index is 1340. The minimum atomic E-state index is -0.747. The summed E-state index contributed by atoms with van der Waals surface area (Å²) in [6.45, 7) is 8.45. The fourth-order valence-electron chi connectivity index (χ4n) is 3.26. The van der Waals surface area contributed by atoms with Crippen molar-refractivity contribution in [1.82, 2.24) is 34.7 Å². The molecule has 0 saturated heterocycles. The van der Waals surface area contributed by atoms with E-state index in [1.807, 2.05) is 36.0 Å². The average Bonchev–Trinajstić information content (AvgIpc) is 3.40. The molecule has 9 heteroatoms. The lowest BCUT2D eigenvalue weighted by atomic mass is 10.0. The van der Waals surface area contributed by atoms with Crippen molar-refractivity contribution < 1.29 is 4.39 Å². The van der Waals surface area contributed by atoms with Gasteiger partial charge in [0.15, 0.2) is 17.5 Å². The summed E-state index contributed by atoms with van der Waals surface area (Å²) in [5, 5.41) is 12.8. The summed E-state index contributed by atoms with van der Waals surface area (Å²) in [7, 11) is 0. The van der Waals surface area contributed by atoms with Crippen LogP contribution in [0.4, 0.5) is 10.2 Å². The van der Waals surface area contributed by atoms with Crippen LogP contribution in [0.25, 0.3) is 22.8 Å². The van der Waals surface area contributed by atoms with E-state index in [1.165, 1.54) is 0 Å². The van der Waals surface area contributed by atoms with Gasteiger partial charge in [-0.15, -0.1) is 11.5 Å². The van der Waals surface area contributed by atoms with Crippen molar-refractivity contribution in [3.8, 4) is 35.1 Å². The van der Waals surface area contributed by atoms with Crippen LogP contribution in [0, 0.1) is 25.1 Å². The molecular formula is C23H23FN8. The molecule has 0 aliphatic carbocycles. The van der Waals surface area contributed by atoms with Crippen LogP contribution in [0.1, 0.15) is 37.6 Å². The van der Waals surface area contributed by atoms with E-state index in [9.17, 15) is 4.39 Å². The molecule has 0 amide bonds. The predicted molar refractivity (Wildman–Crippen MR) is 120 cm³/mol. The van der Waals surface area contributed by atoms with E-state index in [0.717, 1.165) is 11.3 Å². The molecular weight excluding hydrogens is 407 g/mol. The zero-order valence-corrected chi connectivity index (χ0v) is 18.3. The maximum Gasteiger partial charge on any atom is 0.193 e. The first kappa shape index (κ1) is 21.2. The largest absolute Gasteiger partial charge is 0.381 e. The number of anilines is 1. The molecule has 0 radical (unpaired) electrons. The molecule has 4 aromatic rings. The standard InChI is InChI=1S/C23H23FN8/c1-6-15-8-7-9-17(14(15)2)22-26-20(19(24)21(25)27-22)18-13-31(30-28-18)12-16-10-11-32(29-16)23(3,4)5/h1,7-11,13H,12H2,2-5H3,(H2,25,26,27). The van der Waals surface area contributed by atoms with E-state index in [4.69, 9.17) is 12.2 Å². The van der Waals surface area contributed by atoms with Gasteiger partial charge in [0.1, 0.15) is 11.4 Å². The Hall–Kier alpha value is -4.06. The third kappa shape index (κ3) is 3.95. The normalized spacial score (nSPS) is 11.5. The number of benzene rings is 1. The van der Waals surface area contributed by atoms with Gasteiger partial charge in [-0.2, -0.15) is 5.10 Å². The summed E-state index contributed by atoms with van der Waals surface area (Å²) in [4.78, 5) is 8.52. The van der Waals surface area contributed by atoms with Crippen LogP contribution in [-0.2, 0) is 12.1 Å². The summed E-state index contributed by atoms with van der Waals surface area (Å²) < 4.78 is 18.3. The van der Waals surface area contributed by atoms with Crippen LogP contribution < -0.4 is 5.73 Å². The second-order valence-electron chi connectivity index (χ2n) is 8.44. The number of hydrogen-bond acceptors (Lipinski definition) is 6. The van der Waals surface area contributed by atoms with E-state index in [1.54, 1.807) is 16.9 Å². The lowest BCUT2D eigenvalue weighted by molar-refractivity contribution is 0.352. The van der Waals surface area contributed by atoms with Gasteiger partial charge in [0.2, 0.25) is 0 Å². The van der Waals surface area contributed by atoms with Crippen molar-refractivity contribution in [2.75, 3.05) is 5.73 Å². The van der Waals surface area contributed by atoms with Crippen molar-refractivity contribution in [2.24, 2.45) is 0 Å². The number of nitrogens with two attached hydrogens (primary N) is 1. The number of nitrogens with zero attached hydrogens (tertiary/aromatic N) is 7. The maximum atomic E-state index is 14.8. The fourth-order valence-corrected chi connectivity index (χ4v) is 3.26. The van der Waals surface area contributed by atoms with Gasteiger partial charge >= 0.3 is 0 Å². The highest BCUT2D eigenvalue weighted by atomic mass is 19.1. The lowest BCUT2D eigenvalue weighted by Gasteiger charge is -2.18. The molecule has 0 saturated carbocycles. The molecule has 162 valence electrons. The summed E-state index contributed by atoms with van der Waals surface area (Å²) in [5.74, 6) is 1.88. The van der Waals surface area contributed by atoms with E-state index in [0.29, 0.717) is 17.7 Å². The number of aromatic nitrogens is 7. The molecule has 32 heavy (non-hydrogen) atoms. The molecule has 0 fully saturated rings. The van der Waals surface area contributed by atoms with Crippen LogP contribution in [0.2, 0.25) is 0 Å². The number of halogens is 1. The molecule has 0 bridgehead atoms. The van der Waals surface area contributed by atoms with Gasteiger partial charge in [0, 0.05) is 17.3 Å². The molecule has 3 heterocycles. The van der Waals surface area contributed by atoms with E-state index < -0.39 is 5.82 Å². The number of rotatable bonds is 4. The second kappa shape index (κ2) is 7.89. The summed E-state index contributed by atoms with van der Waals surface area (Å²) in [6, 6.07) is 7.34. The Morgan fingerprint density at radius 1 is 1.19 bits per heavy atom. The maximum absolute atomic E-state index is 14.8. The molecule has 8 nitrogen and oxygen atoms in total. The second-order valence-corrected chi connectivity index (χ2v) is 8.44.